The van der Waals surface area contributed by atoms with Gasteiger partial charge in [0, 0.05) is 98.0 Å². The van der Waals surface area contributed by atoms with E-state index in [1.54, 1.807) is 82.8 Å². The smallest absolute Gasteiger partial charge is 0.280 e. The monoisotopic (exact) mass is 2090 g/mol. The second kappa shape index (κ2) is 42.6. The summed E-state index contributed by atoms with van der Waals surface area (Å²) in [7, 11) is 0. The third kappa shape index (κ3) is 21.0. The zero-order valence-corrected chi connectivity index (χ0v) is 88.8. The van der Waals surface area contributed by atoms with Gasteiger partial charge in [-0.3, -0.25) is 47.9 Å². The van der Waals surface area contributed by atoms with E-state index < -0.39 is 105 Å². The summed E-state index contributed by atoms with van der Waals surface area (Å²) in [5.74, 6) is -2.59. The van der Waals surface area contributed by atoms with Crippen LogP contribution in [0.25, 0.3) is 41.8 Å². The molecule has 4 aromatic carbocycles. The number of carbonyl (C=O) groups excluding carboxylic acids is 8. The van der Waals surface area contributed by atoms with Gasteiger partial charge in [-0.2, -0.15) is 20.3 Å². The minimum atomic E-state index is -1.16. The van der Waals surface area contributed by atoms with Crippen LogP contribution in [-0.4, -0.2) is 226 Å². The van der Waals surface area contributed by atoms with Crippen LogP contribution in [0.15, 0.2) is 191 Å². The number of likely N-dealkylation sites (tertiary alicyclic amines) is 4. The van der Waals surface area contributed by atoms with Crippen LogP contribution < -0.4 is 21.8 Å². The third-order valence-electron chi connectivity index (χ3n) is 29.5. The number of thiophene rings is 2. The number of amides is 8. The second-order valence-electron chi connectivity index (χ2n) is 41.7. The van der Waals surface area contributed by atoms with Crippen molar-refractivity contribution in [3.63, 3.8) is 0 Å². The average Bonchev–Trinajstić information content (AvgIpc) is 1.61. The van der Waals surface area contributed by atoms with E-state index >= 15 is 0 Å². The summed E-state index contributed by atoms with van der Waals surface area (Å²) < 4.78 is 21.2. The predicted molar refractivity (Wildman–Crippen MR) is 560 cm³/mol. The zero-order chi connectivity index (χ0) is 106. The van der Waals surface area contributed by atoms with E-state index in [1.807, 2.05) is 191 Å². The number of benzene rings is 4. The number of carbonyl (C=O) groups is 8. The van der Waals surface area contributed by atoms with E-state index in [0.29, 0.717) is 60.4 Å². The molecule has 776 valence electrons. The number of aliphatic hydroxyl groups is 4. The highest BCUT2D eigenvalue weighted by Gasteiger charge is 2.55. The Morgan fingerprint density at radius 3 is 0.980 bits per heavy atom. The predicted octanol–water partition coefficient (Wildman–Crippen LogP) is 14.0. The molecule has 4 saturated heterocycles. The van der Waals surface area contributed by atoms with Gasteiger partial charge in [0.05, 0.1) is 91.6 Å². The minimum absolute atomic E-state index is 0.0937. The van der Waals surface area contributed by atoms with Gasteiger partial charge in [0.1, 0.15) is 35.3 Å². The van der Waals surface area contributed by atoms with Crippen LogP contribution in [0.4, 0.5) is 0 Å². The van der Waals surface area contributed by atoms with Crippen molar-refractivity contribution >= 4 is 116 Å². The molecule has 0 saturated carbocycles. The molecular weight excluding hydrogens is 1970 g/mol. The molecule has 1 unspecified atom stereocenters. The highest BCUT2D eigenvalue weighted by Crippen LogP contribution is 2.47. The van der Waals surface area contributed by atoms with Crippen molar-refractivity contribution in [3.8, 4) is 41.8 Å². The lowest BCUT2D eigenvalue weighted by molar-refractivity contribution is -0.135. The molecule has 20 rings (SSSR count). The molecule has 148 heavy (non-hydrogen) atoms. The molecule has 36 nitrogen and oxygen atoms in total. The maximum atomic E-state index is 13.7. The van der Waals surface area contributed by atoms with Crippen LogP contribution in [0.3, 0.4) is 0 Å². The van der Waals surface area contributed by atoms with Crippen LogP contribution >= 0.6 is 45.3 Å². The topological polar surface area (TPSA) is 500 Å². The van der Waals surface area contributed by atoms with Gasteiger partial charge in [-0.05, 0) is 171 Å². The third-order valence-corrected chi connectivity index (χ3v) is 33.5. The summed E-state index contributed by atoms with van der Waals surface area (Å²) in [5, 5.41) is 64.1. The van der Waals surface area contributed by atoms with Crippen molar-refractivity contribution < 1.29 is 76.9 Å². The molecule has 4 fully saturated rings. The second-order valence-corrected chi connectivity index (χ2v) is 45.2. The van der Waals surface area contributed by atoms with Gasteiger partial charge in [0.2, 0.25) is 35.4 Å². The van der Waals surface area contributed by atoms with E-state index in [2.05, 4.69) is 97.9 Å². The first-order chi connectivity index (χ1) is 70.3. The molecule has 8 aliphatic heterocycles. The van der Waals surface area contributed by atoms with Gasteiger partial charge in [-0.1, -0.05) is 163 Å². The van der Waals surface area contributed by atoms with Crippen molar-refractivity contribution in [2.24, 2.45) is 43.6 Å². The molecule has 16 heterocycles. The Morgan fingerprint density at radius 2 is 0.703 bits per heavy atom. The molecule has 8 aromatic heterocycles. The van der Waals surface area contributed by atoms with Gasteiger partial charge in [0.25, 0.3) is 34.7 Å². The van der Waals surface area contributed by atoms with Crippen molar-refractivity contribution in [3.05, 3.63) is 244 Å². The number of aliphatic imine (C=N–C) groups is 4. The van der Waals surface area contributed by atoms with Crippen LogP contribution in [-0.2, 0) is 60.3 Å². The molecule has 0 spiro atoms. The number of β-amino-alcohol motifs (C(OH)–C–C–N with tert-alkyl or cyclic N) is 4. The summed E-state index contributed by atoms with van der Waals surface area (Å²) in [5.41, 5.74) is 11.9. The van der Waals surface area contributed by atoms with E-state index in [1.165, 1.54) is 42.8 Å². The number of thiazole rings is 2. The lowest BCUT2D eigenvalue weighted by atomic mass is 9.78. The normalized spacial score (nSPS) is 24.6. The van der Waals surface area contributed by atoms with Crippen molar-refractivity contribution in [1.29, 1.82) is 0 Å². The van der Waals surface area contributed by atoms with Crippen molar-refractivity contribution in [2.75, 3.05) is 26.2 Å². The van der Waals surface area contributed by atoms with E-state index in [9.17, 15) is 68.4 Å². The fourth-order valence-corrected chi connectivity index (χ4v) is 24.7. The Balaban J connectivity index is 0.000000135. The number of nitrogens with one attached hydrogen (secondary N) is 4. The number of nitrogens with zero attached hydrogens (tertiary/aromatic N) is 14. The van der Waals surface area contributed by atoms with Crippen LogP contribution in [0.1, 0.15) is 225 Å². The SMILES string of the molecule is Cc1ccsc1-c1ccc([C@]2(C)N=C(C3C[C@@H](O)CN3C(=O)[C@H](c3cc(=O)[nH]o3)C(C)C)NC2=O)cc1.Cc1ccsc1-c1ccc([C@]2(C)N=C([C@H]3C[C@@H](O)CN3C(=O)[C@@H](c3cc(=O)[nH]o3)C(C)C)NC2=O)cc1.Cc1noc([C@@H](C(=O)N2C[C@H](O)C[C@H]2C2=NC(=O)[C@](C)(c3ccc(-c4scnc4C)cc3)C2)C(C)C)n1.Cc1noc([C@H](C(=O)N2C[C@H](O)C[C@H]2C2=NC(=O)[C@](C)(c3ccc(-c4scnc4C)cc3)C2)C(C)C)n1. The van der Waals surface area contributed by atoms with E-state index in [0.717, 1.165) is 65.6 Å². The van der Waals surface area contributed by atoms with Crippen LogP contribution in [0.5, 0.6) is 0 Å². The van der Waals surface area contributed by atoms with Gasteiger partial charge >= 0.3 is 0 Å². The molecule has 12 aromatic rings. The summed E-state index contributed by atoms with van der Waals surface area (Å²) in [6.45, 7) is 34.5. The molecule has 16 atom stereocenters. The van der Waals surface area contributed by atoms with Crippen molar-refractivity contribution in [1.82, 2.24) is 70.8 Å². The van der Waals surface area contributed by atoms with Gasteiger partial charge < -0.3 is 68.8 Å². The number of aryl methyl sites for hydroxylation is 6. The lowest BCUT2D eigenvalue weighted by Crippen LogP contribution is -2.48. The largest absolute Gasteiger partial charge is 0.391 e. The number of H-pyrrole nitrogens is 2. The number of rotatable bonds is 24. The average molecular weight is 2090 g/mol. The molecule has 8 N–H and O–H groups in total. The number of aromatic nitrogens is 8. The van der Waals surface area contributed by atoms with E-state index in [-0.39, 0.29) is 133 Å². The van der Waals surface area contributed by atoms with Gasteiger partial charge in [-0.15, -0.1) is 45.3 Å². The van der Waals surface area contributed by atoms with Gasteiger partial charge in [-0.25, -0.2) is 29.9 Å². The summed E-state index contributed by atoms with van der Waals surface area (Å²) in [6.07, 6.45) is -0.972. The lowest BCUT2D eigenvalue weighted by Gasteiger charge is -2.30. The molecular formula is C108H122N18O18S4. The fourth-order valence-electron chi connectivity index (χ4n) is 21.2. The maximum Gasteiger partial charge on any atom is 0.280 e. The number of hydrogen-bond acceptors (Lipinski definition) is 30. The molecule has 0 radical (unpaired) electrons. The van der Waals surface area contributed by atoms with Crippen LogP contribution in [0, 0.1) is 65.2 Å². The first-order valence-corrected chi connectivity index (χ1v) is 53.1. The van der Waals surface area contributed by atoms with Crippen molar-refractivity contribution in [2.45, 2.75) is 257 Å². The summed E-state index contributed by atoms with van der Waals surface area (Å²) in [4.78, 5) is 178. The number of amidine groups is 2. The molecule has 0 bridgehead atoms. The minimum Gasteiger partial charge on any atom is -0.391 e. The Hall–Kier alpha value is -13.5. The number of aliphatic hydroxyl groups excluding tert-OH is 4. The standard InChI is InChI=1S/2C27H31N5O4S.2C27H30N4O5S/c2*1-14(2)22(24-29-16(4)31-36-24)25(34)32-12-19(33)10-21(32)20-11-27(5,26(35)30-20)18-8-6-17(7-9-18)23-15(3)28-13-37-23;2*1-14(2)22(20-12-21(33)30-36-20)25(34)31-13-18(32)11-19(31)24-28-26(35)27(4,29-24)17-7-5-16(6-8-17)23-15(3)9-10-37-23/h2*6-9,13-14,19,21-22,33H,10-12H2,1-5H3;2*5-10,12,14,18-19,22,32H,11,13H2,1-4H3,(H,30,33)(H,28,29,35)/t19-,21+,22+,27+;19-,21+,22-,27+;18-,19?,22+,27+;18-,19-,22-,27+/m1111/s1. The molecule has 8 amide bonds. The highest BCUT2D eigenvalue weighted by molar-refractivity contribution is 7.14. The highest BCUT2D eigenvalue weighted by atomic mass is 32.1. The maximum absolute atomic E-state index is 13.7. The quantitative estimate of drug-likeness (QED) is 0.0278. The summed E-state index contributed by atoms with van der Waals surface area (Å²) >= 11 is 6.52. The van der Waals surface area contributed by atoms with E-state index in [4.69, 9.17) is 28.1 Å². The molecule has 40 heteroatoms. The Kier molecular flexibility index (Phi) is 30.5. The molecule has 0 aliphatic carbocycles. The number of hydrogen-bond donors (Lipinski definition) is 8. The Bertz CT molecular complexity index is 6830. The van der Waals surface area contributed by atoms with Crippen LogP contribution in [0.2, 0.25) is 0 Å². The summed E-state index contributed by atoms with van der Waals surface area (Å²) in [6, 6.07) is 36.2. The Labute approximate surface area is 870 Å². The zero-order valence-electron chi connectivity index (χ0n) is 85.6. The van der Waals surface area contributed by atoms with Gasteiger partial charge in [0.15, 0.2) is 34.2 Å². The first kappa shape index (κ1) is 106. The number of aromatic amines is 2. The molecule has 8 aliphatic rings. The Morgan fingerprint density at radius 1 is 0.399 bits per heavy atom. The first-order valence-electron chi connectivity index (χ1n) is 49.6. The fraction of sp³-hybridized carbons (Fsp3) is 0.444.